The van der Waals surface area contributed by atoms with E-state index in [4.69, 9.17) is 9.84 Å². The third-order valence-electron chi connectivity index (χ3n) is 2.86. The van der Waals surface area contributed by atoms with E-state index in [1.54, 1.807) is 36.1 Å². The van der Waals surface area contributed by atoms with Crippen LogP contribution in [0.2, 0.25) is 0 Å². The van der Waals surface area contributed by atoms with Gasteiger partial charge in [0.05, 0.1) is 13.0 Å². The maximum atomic E-state index is 12.4. The van der Waals surface area contributed by atoms with Crippen LogP contribution in [0.4, 0.5) is 0 Å². The molecule has 1 N–H and O–H groups in total. The van der Waals surface area contributed by atoms with Gasteiger partial charge in [-0.15, -0.1) is 0 Å². The summed E-state index contributed by atoms with van der Waals surface area (Å²) < 4.78 is 5.76. The number of aliphatic hydroxyl groups excluding tert-OH is 1. The quantitative estimate of drug-likeness (QED) is 0.724. The van der Waals surface area contributed by atoms with E-state index in [-0.39, 0.29) is 31.4 Å². The van der Waals surface area contributed by atoms with E-state index in [2.05, 4.69) is 15.9 Å². The first-order chi connectivity index (χ1) is 10.1. The molecule has 0 aromatic heterocycles. The van der Waals surface area contributed by atoms with Crippen LogP contribution in [0.5, 0.6) is 0 Å². The molecule has 5 nitrogen and oxygen atoms in total. The van der Waals surface area contributed by atoms with Crippen LogP contribution in [-0.2, 0) is 9.53 Å². The molecule has 0 bridgehead atoms. The summed E-state index contributed by atoms with van der Waals surface area (Å²) in [6.45, 7) is 2.77. The molecule has 0 heterocycles. The number of hydrogen-bond acceptors (Lipinski definition) is 4. The van der Waals surface area contributed by atoms with Gasteiger partial charge in [-0.25, -0.2) is 0 Å². The number of esters is 1. The molecule has 0 spiro atoms. The lowest BCUT2D eigenvalue weighted by atomic mass is 10.2. The van der Waals surface area contributed by atoms with Gasteiger partial charge in [0, 0.05) is 29.7 Å². The molecule has 0 saturated heterocycles. The Labute approximate surface area is 133 Å². The zero-order valence-corrected chi connectivity index (χ0v) is 13.6. The van der Waals surface area contributed by atoms with Crippen LogP contribution in [0.1, 0.15) is 30.1 Å². The van der Waals surface area contributed by atoms with Gasteiger partial charge in [0.2, 0.25) is 0 Å². The fourth-order valence-electron chi connectivity index (χ4n) is 1.81. The average molecular weight is 358 g/mol. The van der Waals surface area contributed by atoms with Gasteiger partial charge in [0.15, 0.2) is 0 Å². The molecule has 0 aliphatic heterocycles. The lowest BCUT2D eigenvalue weighted by Gasteiger charge is -2.22. The number of aliphatic hydroxyl groups is 1. The summed E-state index contributed by atoms with van der Waals surface area (Å²) in [7, 11) is 0. The fraction of sp³-hybridized carbons (Fsp3) is 0.467. The van der Waals surface area contributed by atoms with Gasteiger partial charge in [-0.2, -0.15) is 0 Å². The number of carbonyl (C=O) groups is 2. The minimum Gasteiger partial charge on any atom is -0.466 e. The van der Waals surface area contributed by atoms with Crippen molar-refractivity contribution in [2.24, 2.45) is 0 Å². The van der Waals surface area contributed by atoms with E-state index in [1.165, 1.54) is 0 Å². The summed E-state index contributed by atoms with van der Waals surface area (Å²) >= 11 is 3.32. The van der Waals surface area contributed by atoms with Crippen molar-refractivity contribution in [3.63, 3.8) is 0 Å². The first kappa shape index (κ1) is 17.7. The van der Waals surface area contributed by atoms with Crippen molar-refractivity contribution in [3.8, 4) is 0 Å². The second-order valence-electron chi connectivity index (χ2n) is 4.43. The molecular formula is C15H20BrNO4. The fourth-order valence-corrected chi connectivity index (χ4v) is 2.08. The molecule has 1 aromatic carbocycles. The Kier molecular flexibility index (Phi) is 8.00. The summed E-state index contributed by atoms with van der Waals surface area (Å²) in [5.41, 5.74) is 0.556. The van der Waals surface area contributed by atoms with Gasteiger partial charge in [0.25, 0.3) is 5.91 Å². The second kappa shape index (κ2) is 9.52. The number of rotatable bonds is 8. The summed E-state index contributed by atoms with van der Waals surface area (Å²) in [5.74, 6) is -0.477. The van der Waals surface area contributed by atoms with Crippen LogP contribution < -0.4 is 0 Å². The molecule has 6 heteroatoms. The molecule has 0 atom stereocenters. The molecule has 0 aliphatic carbocycles. The van der Waals surface area contributed by atoms with E-state index in [0.29, 0.717) is 25.1 Å². The van der Waals surface area contributed by atoms with Crippen LogP contribution in [0.15, 0.2) is 28.7 Å². The van der Waals surface area contributed by atoms with Crippen molar-refractivity contribution in [1.29, 1.82) is 0 Å². The Hall–Kier alpha value is -1.40. The van der Waals surface area contributed by atoms with Gasteiger partial charge >= 0.3 is 5.97 Å². The Morgan fingerprint density at radius 1 is 1.24 bits per heavy atom. The normalized spacial score (nSPS) is 10.2. The van der Waals surface area contributed by atoms with E-state index < -0.39 is 0 Å². The number of halogens is 1. The van der Waals surface area contributed by atoms with E-state index in [0.717, 1.165) is 4.47 Å². The summed E-state index contributed by atoms with van der Waals surface area (Å²) in [6, 6.07) is 7.04. The number of benzene rings is 1. The summed E-state index contributed by atoms with van der Waals surface area (Å²) in [5, 5.41) is 8.93. The zero-order valence-electron chi connectivity index (χ0n) is 12.0. The van der Waals surface area contributed by atoms with Crippen molar-refractivity contribution >= 4 is 27.8 Å². The predicted octanol–water partition coefficient (Wildman–Crippen LogP) is 2.23. The molecule has 0 aliphatic rings. The largest absolute Gasteiger partial charge is 0.466 e. The van der Waals surface area contributed by atoms with Crippen LogP contribution in [0.25, 0.3) is 0 Å². The Morgan fingerprint density at radius 3 is 2.48 bits per heavy atom. The van der Waals surface area contributed by atoms with Gasteiger partial charge in [-0.1, -0.05) is 15.9 Å². The maximum Gasteiger partial charge on any atom is 0.307 e. The average Bonchev–Trinajstić information content (AvgIpc) is 2.48. The van der Waals surface area contributed by atoms with Crippen molar-refractivity contribution < 1.29 is 19.4 Å². The predicted molar refractivity (Wildman–Crippen MR) is 83.0 cm³/mol. The third kappa shape index (κ3) is 6.27. The van der Waals surface area contributed by atoms with Gasteiger partial charge < -0.3 is 14.7 Å². The number of ether oxygens (including phenoxy) is 1. The highest BCUT2D eigenvalue weighted by Gasteiger charge is 2.16. The maximum absolute atomic E-state index is 12.4. The highest BCUT2D eigenvalue weighted by atomic mass is 79.9. The molecule has 0 unspecified atom stereocenters. The molecule has 0 radical (unpaired) electrons. The molecule has 21 heavy (non-hydrogen) atoms. The molecule has 0 saturated carbocycles. The standard InChI is InChI=1S/C15H20BrNO4/c1-2-21-14(19)8-10-17(9-3-11-18)15(20)12-4-6-13(16)7-5-12/h4-7,18H,2-3,8-11H2,1H3. The van der Waals surface area contributed by atoms with Crippen molar-refractivity contribution in [2.45, 2.75) is 19.8 Å². The minimum atomic E-state index is -0.324. The molecule has 1 rings (SSSR count). The lowest BCUT2D eigenvalue weighted by molar-refractivity contribution is -0.143. The first-order valence-electron chi connectivity index (χ1n) is 6.89. The van der Waals surface area contributed by atoms with Gasteiger partial charge in [-0.05, 0) is 37.6 Å². The summed E-state index contributed by atoms with van der Waals surface area (Å²) in [6.07, 6.45) is 0.632. The Bertz CT molecular complexity index is 461. The monoisotopic (exact) mass is 357 g/mol. The zero-order chi connectivity index (χ0) is 15.7. The van der Waals surface area contributed by atoms with Crippen LogP contribution in [0.3, 0.4) is 0 Å². The highest BCUT2D eigenvalue weighted by Crippen LogP contribution is 2.13. The SMILES string of the molecule is CCOC(=O)CCN(CCCO)C(=O)c1ccc(Br)cc1. The smallest absolute Gasteiger partial charge is 0.307 e. The van der Waals surface area contributed by atoms with Gasteiger partial charge in [0.1, 0.15) is 0 Å². The minimum absolute atomic E-state index is 0.00350. The molecule has 1 amide bonds. The number of amides is 1. The van der Waals surface area contributed by atoms with E-state index in [1.807, 2.05) is 0 Å². The van der Waals surface area contributed by atoms with Crippen molar-refractivity contribution in [3.05, 3.63) is 34.3 Å². The molecular weight excluding hydrogens is 338 g/mol. The summed E-state index contributed by atoms with van der Waals surface area (Å²) in [4.78, 5) is 25.4. The van der Waals surface area contributed by atoms with Crippen molar-refractivity contribution in [1.82, 2.24) is 4.90 Å². The van der Waals surface area contributed by atoms with Crippen LogP contribution >= 0.6 is 15.9 Å². The highest BCUT2D eigenvalue weighted by molar-refractivity contribution is 9.10. The van der Waals surface area contributed by atoms with Crippen LogP contribution in [-0.4, -0.2) is 48.2 Å². The number of carbonyl (C=O) groups excluding carboxylic acids is 2. The lowest BCUT2D eigenvalue weighted by Crippen LogP contribution is -2.34. The van der Waals surface area contributed by atoms with E-state index in [9.17, 15) is 9.59 Å². The molecule has 116 valence electrons. The Balaban J connectivity index is 2.69. The number of hydrogen-bond donors (Lipinski definition) is 1. The topological polar surface area (TPSA) is 66.8 Å². The second-order valence-corrected chi connectivity index (χ2v) is 5.35. The Morgan fingerprint density at radius 2 is 1.90 bits per heavy atom. The number of nitrogens with zero attached hydrogens (tertiary/aromatic N) is 1. The van der Waals surface area contributed by atoms with Gasteiger partial charge in [-0.3, -0.25) is 9.59 Å². The van der Waals surface area contributed by atoms with E-state index >= 15 is 0 Å². The van der Waals surface area contributed by atoms with Crippen LogP contribution in [0, 0.1) is 0 Å². The molecule has 1 aromatic rings. The van der Waals surface area contributed by atoms with Crippen molar-refractivity contribution in [2.75, 3.05) is 26.3 Å². The third-order valence-corrected chi connectivity index (χ3v) is 3.38. The first-order valence-corrected chi connectivity index (χ1v) is 7.69. The molecule has 0 fully saturated rings.